The lowest BCUT2D eigenvalue weighted by Gasteiger charge is -2.22. The standard InChI is InChI=1S/C21H20O6/c22-12-11-17-13-25-18(14-26-20(23)15-7-3-1-4-8-15)19(17)27-21(24)16-9-5-2-6-10-16/h1-10,12,17-19H,11,13-14H2/t17?,18-,19+/m1/s1. The SMILES string of the molecule is O=CCC1CO[C@H](COC(=O)c2ccccc2)[C@H]1OC(=O)c1ccccc1. The van der Waals surface area contributed by atoms with Gasteiger partial charge in [0.1, 0.15) is 25.1 Å². The summed E-state index contributed by atoms with van der Waals surface area (Å²) < 4.78 is 16.6. The molecule has 1 fully saturated rings. The summed E-state index contributed by atoms with van der Waals surface area (Å²) >= 11 is 0. The second kappa shape index (κ2) is 9.09. The molecule has 6 heteroatoms. The number of hydrogen-bond donors (Lipinski definition) is 0. The number of benzene rings is 2. The number of esters is 2. The van der Waals surface area contributed by atoms with Gasteiger partial charge >= 0.3 is 11.9 Å². The van der Waals surface area contributed by atoms with Crippen LogP contribution in [-0.4, -0.2) is 43.6 Å². The van der Waals surface area contributed by atoms with E-state index in [0.717, 1.165) is 6.29 Å². The van der Waals surface area contributed by atoms with Crippen molar-refractivity contribution < 1.29 is 28.6 Å². The molecule has 6 nitrogen and oxygen atoms in total. The van der Waals surface area contributed by atoms with E-state index >= 15 is 0 Å². The zero-order chi connectivity index (χ0) is 19.1. The molecular formula is C21H20O6. The molecular weight excluding hydrogens is 348 g/mol. The van der Waals surface area contributed by atoms with Gasteiger partial charge in [-0.05, 0) is 24.3 Å². The molecule has 0 radical (unpaired) electrons. The lowest BCUT2D eigenvalue weighted by Crippen LogP contribution is -2.36. The predicted molar refractivity (Wildman–Crippen MR) is 96.3 cm³/mol. The Morgan fingerprint density at radius 3 is 2.15 bits per heavy atom. The number of carbonyl (C=O) groups is 3. The fourth-order valence-electron chi connectivity index (χ4n) is 2.96. The zero-order valence-electron chi connectivity index (χ0n) is 14.7. The Morgan fingerprint density at radius 2 is 1.56 bits per heavy atom. The third-order valence-corrected chi connectivity index (χ3v) is 4.40. The summed E-state index contributed by atoms with van der Waals surface area (Å²) in [4.78, 5) is 35.4. The van der Waals surface area contributed by atoms with Crippen molar-refractivity contribution in [3.63, 3.8) is 0 Å². The third-order valence-electron chi connectivity index (χ3n) is 4.40. The van der Waals surface area contributed by atoms with Gasteiger partial charge in [0.05, 0.1) is 17.7 Å². The molecule has 140 valence electrons. The van der Waals surface area contributed by atoms with Gasteiger partial charge in [0.25, 0.3) is 0 Å². The zero-order valence-corrected chi connectivity index (χ0v) is 14.7. The molecule has 1 unspecified atom stereocenters. The van der Waals surface area contributed by atoms with Crippen molar-refractivity contribution in [1.82, 2.24) is 0 Å². The number of hydrogen-bond acceptors (Lipinski definition) is 6. The van der Waals surface area contributed by atoms with Crippen molar-refractivity contribution >= 4 is 18.2 Å². The van der Waals surface area contributed by atoms with E-state index in [4.69, 9.17) is 14.2 Å². The maximum Gasteiger partial charge on any atom is 0.338 e. The minimum absolute atomic E-state index is 0.0597. The highest BCUT2D eigenvalue weighted by molar-refractivity contribution is 5.90. The summed E-state index contributed by atoms with van der Waals surface area (Å²) in [5.74, 6) is -1.25. The molecule has 0 aromatic heterocycles. The normalized spacial score (nSPS) is 21.4. The maximum absolute atomic E-state index is 12.4. The smallest absolute Gasteiger partial charge is 0.338 e. The molecule has 1 heterocycles. The van der Waals surface area contributed by atoms with Crippen LogP contribution in [0.4, 0.5) is 0 Å². The molecule has 3 rings (SSSR count). The maximum atomic E-state index is 12.4. The van der Waals surface area contributed by atoms with Gasteiger partial charge < -0.3 is 19.0 Å². The van der Waals surface area contributed by atoms with Gasteiger partial charge in [-0.1, -0.05) is 36.4 Å². The van der Waals surface area contributed by atoms with Gasteiger partial charge in [-0.15, -0.1) is 0 Å². The van der Waals surface area contributed by atoms with Crippen LogP contribution in [-0.2, 0) is 19.0 Å². The predicted octanol–water partition coefficient (Wildman–Crippen LogP) is 2.67. The summed E-state index contributed by atoms with van der Waals surface area (Å²) in [5.41, 5.74) is 0.840. The lowest BCUT2D eigenvalue weighted by molar-refractivity contribution is -0.109. The molecule has 2 aromatic rings. The number of ether oxygens (including phenoxy) is 3. The quantitative estimate of drug-likeness (QED) is 0.552. The van der Waals surface area contributed by atoms with Crippen molar-refractivity contribution in [2.45, 2.75) is 18.6 Å². The summed E-state index contributed by atoms with van der Waals surface area (Å²) in [6.07, 6.45) is -0.298. The molecule has 0 N–H and O–H groups in total. The monoisotopic (exact) mass is 368 g/mol. The van der Waals surface area contributed by atoms with Gasteiger partial charge in [-0.25, -0.2) is 9.59 Å². The first-order valence-electron chi connectivity index (χ1n) is 8.72. The average Bonchev–Trinajstić information content (AvgIpc) is 3.09. The molecule has 0 aliphatic carbocycles. The molecule has 27 heavy (non-hydrogen) atoms. The van der Waals surface area contributed by atoms with E-state index in [-0.39, 0.29) is 25.6 Å². The number of aldehydes is 1. The van der Waals surface area contributed by atoms with E-state index in [1.54, 1.807) is 60.7 Å². The van der Waals surface area contributed by atoms with E-state index in [0.29, 0.717) is 11.1 Å². The lowest BCUT2D eigenvalue weighted by atomic mass is 9.99. The molecule has 0 saturated carbocycles. The molecule has 0 amide bonds. The number of carbonyl (C=O) groups excluding carboxylic acids is 3. The second-order valence-corrected chi connectivity index (χ2v) is 6.23. The Morgan fingerprint density at radius 1 is 0.963 bits per heavy atom. The van der Waals surface area contributed by atoms with Crippen LogP contribution >= 0.6 is 0 Å². The Balaban J connectivity index is 1.65. The van der Waals surface area contributed by atoms with Crippen LogP contribution in [0.5, 0.6) is 0 Å². The highest BCUT2D eigenvalue weighted by atomic mass is 16.6. The van der Waals surface area contributed by atoms with Crippen molar-refractivity contribution in [2.75, 3.05) is 13.2 Å². The Labute approximate surface area is 157 Å². The average molecular weight is 368 g/mol. The van der Waals surface area contributed by atoms with Crippen LogP contribution < -0.4 is 0 Å². The molecule has 3 atom stereocenters. The van der Waals surface area contributed by atoms with Crippen molar-refractivity contribution in [3.05, 3.63) is 71.8 Å². The van der Waals surface area contributed by atoms with Gasteiger partial charge in [0.2, 0.25) is 0 Å². The molecule has 2 aromatic carbocycles. The molecule has 0 bridgehead atoms. The van der Waals surface area contributed by atoms with Crippen LogP contribution in [0.1, 0.15) is 27.1 Å². The van der Waals surface area contributed by atoms with Crippen molar-refractivity contribution in [3.8, 4) is 0 Å². The minimum atomic E-state index is -0.661. The Bertz CT molecular complexity index is 774. The highest BCUT2D eigenvalue weighted by Gasteiger charge is 2.41. The van der Waals surface area contributed by atoms with E-state index in [2.05, 4.69) is 0 Å². The van der Waals surface area contributed by atoms with E-state index in [1.807, 2.05) is 0 Å². The second-order valence-electron chi connectivity index (χ2n) is 6.23. The molecule has 1 aliphatic rings. The van der Waals surface area contributed by atoms with E-state index < -0.39 is 24.1 Å². The first-order valence-corrected chi connectivity index (χ1v) is 8.72. The summed E-state index contributed by atoms with van der Waals surface area (Å²) in [5, 5.41) is 0. The summed E-state index contributed by atoms with van der Waals surface area (Å²) in [6.45, 7) is 0.203. The number of rotatable bonds is 7. The summed E-state index contributed by atoms with van der Waals surface area (Å²) in [6, 6.07) is 17.2. The van der Waals surface area contributed by atoms with Gasteiger partial charge in [-0.2, -0.15) is 0 Å². The Kier molecular flexibility index (Phi) is 6.33. The first kappa shape index (κ1) is 18.8. The minimum Gasteiger partial charge on any atom is -0.459 e. The van der Waals surface area contributed by atoms with Crippen molar-refractivity contribution in [1.29, 1.82) is 0 Å². The highest BCUT2D eigenvalue weighted by Crippen LogP contribution is 2.27. The fourth-order valence-corrected chi connectivity index (χ4v) is 2.96. The van der Waals surface area contributed by atoms with E-state index in [1.165, 1.54) is 0 Å². The third kappa shape index (κ3) is 4.80. The van der Waals surface area contributed by atoms with E-state index in [9.17, 15) is 14.4 Å². The largest absolute Gasteiger partial charge is 0.459 e. The molecule has 0 spiro atoms. The first-order chi connectivity index (χ1) is 13.2. The van der Waals surface area contributed by atoms with Crippen LogP contribution in [0.2, 0.25) is 0 Å². The van der Waals surface area contributed by atoms with Crippen LogP contribution in [0.15, 0.2) is 60.7 Å². The Hall–Kier alpha value is -2.99. The topological polar surface area (TPSA) is 78.9 Å². The van der Waals surface area contributed by atoms with Crippen LogP contribution in [0.3, 0.4) is 0 Å². The summed E-state index contributed by atoms with van der Waals surface area (Å²) in [7, 11) is 0. The van der Waals surface area contributed by atoms with Gasteiger partial charge in [0.15, 0.2) is 0 Å². The van der Waals surface area contributed by atoms with Gasteiger partial charge in [-0.3, -0.25) is 0 Å². The van der Waals surface area contributed by atoms with Crippen molar-refractivity contribution in [2.24, 2.45) is 5.92 Å². The fraction of sp³-hybridized carbons (Fsp3) is 0.286. The van der Waals surface area contributed by atoms with Crippen LogP contribution in [0, 0.1) is 5.92 Å². The molecule has 1 aliphatic heterocycles. The molecule has 1 saturated heterocycles. The van der Waals surface area contributed by atoms with Gasteiger partial charge in [0, 0.05) is 12.3 Å². The van der Waals surface area contributed by atoms with Crippen LogP contribution in [0.25, 0.3) is 0 Å².